The van der Waals surface area contributed by atoms with Gasteiger partial charge < -0.3 is 4.90 Å². The summed E-state index contributed by atoms with van der Waals surface area (Å²) in [4.78, 5) is 17.6. The second-order valence-corrected chi connectivity index (χ2v) is 8.24. The smallest absolute Gasteiger partial charge is 0.162 e. The summed E-state index contributed by atoms with van der Waals surface area (Å²) >= 11 is 0. The molecule has 1 saturated heterocycles. The van der Waals surface area contributed by atoms with Gasteiger partial charge >= 0.3 is 0 Å². The number of carbonyl (C=O) groups excluding carboxylic acids is 1. The first-order valence-corrected chi connectivity index (χ1v) is 11.0. The van der Waals surface area contributed by atoms with Gasteiger partial charge in [-0.3, -0.25) is 9.69 Å². The molecule has 0 saturated carbocycles. The lowest BCUT2D eigenvalue weighted by Gasteiger charge is -2.36. The van der Waals surface area contributed by atoms with E-state index in [1.165, 1.54) is 42.5 Å². The molecular weight excluding hydrogens is 344 g/mol. The summed E-state index contributed by atoms with van der Waals surface area (Å²) in [5.74, 6) is 0.315. The zero-order valence-corrected chi connectivity index (χ0v) is 16.9. The van der Waals surface area contributed by atoms with E-state index in [1.54, 1.807) is 0 Å². The number of para-hydroxylation sites is 1. The van der Waals surface area contributed by atoms with E-state index < -0.39 is 0 Å². The van der Waals surface area contributed by atoms with Crippen molar-refractivity contribution in [3.05, 3.63) is 65.2 Å². The van der Waals surface area contributed by atoms with Crippen molar-refractivity contribution in [2.75, 3.05) is 37.6 Å². The van der Waals surface area contributed by atoms with Gasteiger partial charge in [0.05, 0.1) is 0 Å². The zero-order chi connectivity index (χ0) is 19.2. The van der Waals surface area contributed by atoms with E-state index in [0.717, 1.165) is 51.1 Å². The number of aryl methyl sites for hydroxylation is 2. The highest BCUT2D eigenvalue weighted by atomic mass is 16.1. The van der Waals surface area contributed by atoms with Crippen LogP contribution in [0.15, 0.2) is 48.5 Å². The highest BCUT2D eigenvalue weighted by Gasteiger charge is 2.17. The molecule has 0 radical (unpaired) electrons. The minimum absolute atomic E-state index is 0.315. The Balaban J connectivity index is 1.22. The Morgan fingerprint density at radius 2 is 1.57 bits per heavy atom. The number of benzene rings is 2. The van der Waals surface area contributed by atoms with Crippen LogP contribution < -0.4 is 4.90 Å². The van der Waals surface area contributed by atoms with Crippen LogP contribution in [0.4, 0.5) is 5.69 Å². The molecule has 1 aliphatic heterocycles. The lowest BCUT2D eigenvalue weighted by atomic mass is 9.97. The van der Waals surface area contributed by atoms with Crippen LogP contribution in [0.2, 0.25) is 0 Å². The molecule has 0 spiro atoms. The van der Waals surface area contributed by atoms with Crippen molar-refractivity contribution in [1.82, 2.24) is 4.90 Å². The molecule has 1 fully saturated rings. The van der Waals surface area contributed by atoms with Gasteiger partial charge in [-0.1, -0.05) is 36.8 Å². The van der Waals surface area contributed by atoms with Gasteiger partial charge in [0.1, 0.15) is 0 Å². The summed E-state index contributed by atoms with van der Waals surface area (Å²) in [7, 11) is 0. The Hall–Kier alpha value is -2.13. The van der Waals surface area contributed by atoms with Crippen LogP contribution in [0, 0.1) is 0 Å². The van der Waals surface area contributed by atoms with Crippen LogP contribution in [0.3, 0.4) is 0 Å². The minimum Gasteiger partial charge on any atom is -0.369 e. The van der Waals surface area contributed by atoms with E-state index in [2.05, 4.69) is 58.3 Å². The van der Waals surface area contributed by atoms with E-state index in [4.69, 9.17) is 0 Å². The summed E-state index contributed by atoms with van der Waals surface area (Å²) in [5.41, 5.74) is 5.13. The second-order valence-electron chi connectivity index (χ2n) is 8.24. The average Bonchev–Trinajstić information content (AvgIpc) is 2.99. The molecule has 0 atom stereocenters. The van der Waals surface area contributed by atoms with Crippen molar-refractivity contribution in [3.63, 3.8) is 0 Å². The molecule has 148 valence electrons. The van der Waals surface area contributed by atoms with Crippen molar-refractivity contribution in [1.29, 1.82) is 0 Å². The lowest BCUT2D eigenvalue weighted by Crippen LogP contribution is -2.46. The van der Waals surface area contributed by atoms with Crippen LogP contribution in [0.1, 0.15) is 53.6 Å². The molecular formula is C25H32N2O. The quantitative estimate of drug-likeness (QED) is 0.537. The van der Waals surface area contributed by atoms with Gasteiger partial charge in [0, 0.05) is 43.9 Å². The number of nitrogens with zero attached hydrogens (tertiary/aromatic N) is 2. The number of anilines is 1. The van der Waals surface area contributed by atoms with Crippen LogP contribution in [0.5, 0.6) is 0 Å². The summed E-state index contributed by atoms with van der Waals surface area (Å²) in [5, 5.41) is 0. The standard InChI is InChI=1S/C25H32N2O/c28-25(23-14-13-21-8-3-1-4-9-22(21)20-23)12-7-15-26-16-18-27(19-17-26)24-10-5-2-6-11-24/h2,5-6,10-11,13-14,20H,1,3-4,7-9,12,15-19H2. The molecule has 2 aromatic rings. The fraction of sp³-hybridized carbons (Fsp3) is 0.480. The normalized spacial score (nSPS) is 17.8. The SMILES string of the molecule is O=C(CCCN1CCN(c2ccccc2)CC1)c1ccc2c(c1)CCCCC2. The molecule has 4 rings (SSSR count). The van der Waals surface area contributed by atoms with Crippen LogP contribution in [-0.4, -0.2) is 43.4 Å². The van der Waals surface area contributed by atoms with Crippen LogP contribution in [0.25, 0.3) is 0 Å². The third kappa shape index (κ3) is 4.82. The van der Waals surface area contributed by atoms with E-state index in [9.17, 15) is 4.79 Å². The topological polar surface area (TPSA) is 23.6 Å². The van der Waals surface area contributed by atoms with Crippen molar-refractivity contribution in [3.8, 4) is 0 Å². The first-order chi connectivity index (χ1) is 13.8. The second kappa shape index (κ2) is 9.38. The van der Waals surface area contributed by atoms with Gasteiger partial charge in [0.25, 0.3) is 0 Å². The Morgan fingerprint density at radius 3 is 2.36 bits per heavy atom. The third-order valence-electron chi connectivity index (χ3n) is 6.29. The highest BCUT2D eigenvalue weighted by molar-refractivity contribution is 5.96. The summed E-state index contributed by atoms with van der Waals surface area (Å²) < 4.78 is 0. The summed E-state index contributed by atoms with van der Waals surface area (Å²) in [6.45, 7) is 5.34. The lowest BCUT2D eigenvalue weighted by molar-refractivity contribution is 0.0974. The van der Waals surface area contributed by atoms with Crippen molar-refractivity contribution in [2.45, 2.75) is 44.9 Å². The fourth-order valence-electron chi connectivity index (χ4n) is 4.56. The summed E-state index contributed by atoms with van der Waals surface area (Å²) in [6, 6.07) is 17.1. The van der Waals surface area contributed by atoms with E-state index in [0.29, 0.717) is 12.2 Å². The molecule has 0 unspecified atom stereocenters. The van der Waals surface area contributed by atoms with E-state index in [-0.39, 0.29) is 0 Å². The molecule has 28 heavy (non-hydrogen) atoms. The third-order valence-corrected chi connectivity index (χ3v) is 6.29. The minimum atomic E-state index is 0.315. The first kappa shape index (κ1) is 19.2. The van der Waals surface area contributed by atoms with Gasteiger partial charge in [-0.05, 0) is 68.0 Å². The predicted octanol–water partition coefficient (Wildman–Crippen LogP) is 4.74. The Kier molecular flexibility index (Phi) is 6.43. The first-order valence-electron chi connectivity index (χ1n) is 11.0. The van der Waals surface area contributed by atoms with E-state index in [1.807, 2.05) is 0 Å². The molecule has 3 heteroatoms. The monoisotopic (exact) mass is 376 g/mol. The van der Waals surface area contributed by atoms with Crippen LogP contribution >= 0.6 is 0 Å². The van der Waals surface area contributed by atoms with Crippen LogP contribution in [-0.2, 0) is 12.8 Å². The van der Waals surface area contributed by atoms with Crippen molar-refractivity contribution in [2.24, 2.45) is 0 Å². The zero-order valence-electron chi connectivity index (χ0n) is 16.9. The van der Waals surface area contributed by atoms with Gasteiger partial charge in [-0.15, -0.1) is 0 Å². The predicted molar refractivity (Wildman–Crippen MR) is 116 cm³/mol. The Labute approximate surface area is 169 Å². The number of hydrogen-bond donors (Lipinski definition) is 0. The van der Waals surface area contributed by atoms with Gasteiger partial charge in [-0.2, -0.15) is 0 Å². The maximum atomic E-state index is 12.7. The van der Waals surface area contributed by atoms with Gasteiger partial charge in [0.15, 0.2) is 5.78 Å². The van der Waals surface area contributed by atoms with Crippen molar-refractivity contribution < 1.29 is 4.79 Å². The van der Waals surface area contributed by atoms with E-state index >= 15 is 0 Å². The molecule has 0 bridgehead atoms. The van der Waals surface area contributed by atoms with Gasteiger partial charge in [-0.25, -0.2) is 0 Å². The average molecular weight is 377 g/mol. The molecule has 2 aliphatic rings. The number of hydrogen-bond acceptors (Lipinski definition) is 3. The Bertz CT molecular complexity index is 778. The molecule has 0 aromatic heterocycles. The van der Waals surface area contributed by atoms with Crippen molar-refractivity contribution >= 4 is 11.5 Å². The fourth-order valence-corrected chi connectivity index (χ4v) is 4.56. The number of ketones is 1. The molecule has 0 N–H and O–H groups in total. The number of carbonyl (C=O) groups is 1. The molecule has 2 aromatic carbocycles. The highest BCUT2D eigenvalue weighted by Crippen LogP contribution is 2.22. The maximum absolute atomic E-state index is 12.7. The number of rotatable bonds is 6. The molecule has 0 amide bonds. The number of Topliss-reactive ketones (excluding diaryl/α,β-unsaturated/α-hetero) is 1. The number of fused-ring (bicyclic) bond motifs is 1. The molecule has 1 aliphatic carbocycles. The largest absolute Gasteiger partial charge is 0.369 e. The summed E-state index contributed by atoms with van der Waals surface area (Å²) in [6.07, 6.45) is 7.81. The molecule has 3 nitrogen and oxygen atoms in total. The maximum Gasteiger partial charge on any atom is 0.162 e. The van der Waals surface area contributed by atoms with Gasteiger partial charge in [0.2, 0.25) is 0 Å². The Morgan fingerprint density at radius 1 is 0.821 bits per heavy atom. The molecule has 1 heterocycles. The number of piperazine rings is 1.